The Morgan fingerprint density at radius 2 is 1.75 bits per heavy atom. The van der Waals surface area contributed by atoms with Gasteiger partial charge >= 0.3 is 0 Å². The first-order valence-corrected chi connectivity index (χ1v) is 6.67. The summed E-state index contributed by atoms with van der Waals surface area (Å²) < 4.78 is 5.51. The van der Waals surface area contributed by atoms with Gasteiger partial charge in [0, 0.05) is 11.7 Å². The number of hydrogen-bond acceptors (Lipinski definition) is 3. The zero-order valence-corrected chi connectivity index (χ0v) is 13.4. The number of halogens is 1. The van der Waals surface area contributed by atoms with E-state index in [1.54, 1.807) is 0 Å². The number of nitrogens with two attached hydrogens (primary N) is 1. The second kappa shape index (κ2) is 8.95. The van der Waals surface area contributed by atoms with Gasteiger partial charge in [0.25, 0.3) is 0 Å². The molecule has 2 atom stereocenters. The Labute approximate surface area is 127 Å². The molecular weight excluding hydrogens is 276 g/mol. The van der Waals surface area contributed by atoms with Crippen molar-refractivity contribution < 1.29 is 9.53 Å². The van der Waals surface area contributed by atoms with E-state index >= 15 is 0 Å². The fourth-order valence-electron chi connectivity index (χ4n) is 1.44. The third-order valence-corrected chi connectivity index (χ3v) is 3.01. The summed E-state index contributed by atoms with van der Waals surface area (Å²) in [5.41, 5.74) is 7.58. The molecule has 0 spiro atoms. The van der Waals surface area contributed by atoms with Crippen LogP contribution in [0.25, 0.3) is 0 Å². The minimum absolute atomic E-state index is 0. The number of carbonyl (C=O) groups is 1. The molecule has 0 aromatic heterocycles. The summed E-state index contributed by atoms with van der Waals surface area (Å²) in [6, 6.07) is 7.51. The Kier molecular flexibility index (Phi) is 8.46. The molecule has 1 aromatic rings. The fraction of sp³-hybridized carbons (Fsp3) is 0.533. The molecule has 1 rings (SSSR count). The molecular formula is C15H25ClN2O2. The lowest BCUT2D eigenvalue weighted by Crippen LogP contribution is -2.34. The van der Waals surface area contributed by atoms with Gasteiger partial charge in [-0.1, -0.05) is 19.1 Å². The van der Waals surface area contributed by atoms with Crippen molar-refractivity contribution in [2.45, 2.75) is 46.4 Å². The summed E-state index contributed by atoms with van der Waals surface area (Å²) in [5.74, 6) is -0.259. The van der Waals surface area contributed by atoms with Crippen LogP contribution in [0.5, 0.6) is 0 Å². The Bertz CT molecular complexity index is 405. The average Bonchev–Trinajstić information content (AvgIpc) is 2.36. The SMILES string of the molecule is CC(C)OCc1ccc(NC(=O)C(C)C(C)N)cc1.Cl. The van der Waals surface area contributed by atoms with E-state index in [1.807, 2.05) is 52.0 Å². The summed E-state index contributed by atoms with van der Waals surface area (Å²) in [7, 11) is 0. The van der Waals surface area contributed by atoms with Crippen molar-refractivity contribution in [2.24, 2.45) is 11.7 Å². The zero-order chi connectivity index (χ0) is 14.4. The highest BCUT2D eigenvalue weighted by Crippen LogP contribution is 2.13. The summed E-state index contributed by atoms with van der Waals surface area (Å²) in [6.07, 6.45) is 0.214. The highest BCUT2D eigenvalue weighted by atomic mass is 35.5. The fourth-order valence-corrected chi connectivity index (χ4v) is 1.44. The van der Waals surface area contributed by atoms with E-state index in [2.05, 4.69) is 5.32 Å². The topological polar surface area (TPSA) is 64.3 Å². The smallest absolute Gasteiger partial charge is 0.228 e. The van der Waals surface area contributed by atoms with Crippen LogP contribution in [0.1, 0.15) is 33.3 Å². The molecule has 0 aliphatic carbocycles. The van der Waals surface area contributed by atoms with E-state index in [0.717, 1.165) is 11.3 Å². The van der Waals surface area contributed by atoms with E-state index < -0.39 is 0 Å². The Morgan fingerprint density at radius 1 is 1.20 bits per heavy atom. The third-order valence-electron chi connectivity index (χ3n) is 3.01. The molecule has 4 nitrogen and oxygen atoms in total. The molecule has 0 fully saturated rings. The van der Waals surface area contributed by atoms with E-state index in [4.69, 9.17) is 10.5 Å². The van der Waals surface area contributed by atoms with Crippen LogP contribution in [0.15, 0.2) is 24.3 Å². The summed E-state index contributed by atoms with van der Waals surface area (Å²) in [5, 5.41) is 2.86. The maximum atomic E-state index is 11.8. The van der Waals surface area contributed by atoms with Gasteiger partial charge in [-0.25, -0.2) is 0 Å². The molecule has 1 aromatic carbocycles. The lowest BCUT2D eigenvalue weighted by Gasteiger charge is -2.15. The second-order valence-electron chi connectivity index (χ2n) is 5.19. The molecule has 0 aliphatic rings. The lowest BCUT2D eigenvalue weighted by atomic mass is 10.0. The molecule has 0 aliphatic heterocycles. The summed E-state index contributed by atoms with van der Waals surface area (Å²) in [4.78, 5) is 11.8. The largest absolute Gasteiger partial charge is 0.374 e. The van der Waals surface area contributed by atoms with Crippen LogP contribution < -0.4 is 11.1 Å². The molecule has 5 heteroatoms. The van der Waals surface area contributed by atoms with Crippen LogP contribution >= 0.6 is 12.4 Å². The Balaban J connectivity index is 0.00000361. The van der Waals surface area contributed by atoms with Crippen LogP contribution in [0, 0.1) is 5.92 Å². The van der Waals surface area contributed by atoms with Gasteiger partial charge < -0.3 is 15.8 Å². The summed E-state index contributed by atoms with van der Waals surface area (Å²) >= 11 is 0. The molecule has 0 saturated carbocycles. The monoisotopic (exact) mass is 300 g/mol. The van der Waals surface area contributed by atoms with Gasteiger partial charge in [0.05, 0.1) is 18.6 Å². The molecule has 0 heterocycles. The molecule has 2 unspecified atom stereocenters. The standard InChI is InChI=1S/C15H24N2O2.ClH/c1-10(2)19-9-13-5-7-14(8-6-13)17-15(18)11(3)12(4)16;/h5-8,10-12H,9,16H2,1-4H3,(H,17,18);1H. The number of hydrogen-bond donors (Lipinski definition) is 2. The van der Waals surface area contributed by atoms with Crippen molar-refractivity contribution in [3.05, 3.63) is 29.8 Å². The minimum Gasteiger partial charge on any atom is -0.374 e. The van der Waals surface area contributed by atoms with E-state index in [0.29, 0.717) is 6.61 Å². The first-order chi connectivity index (χ1) is 8.90. The van der Waals surface area contributed by atoms with Crippen molar-refractivity contribution in [3.8, 4) is 0 Å². The van der Waals surface area contributed by atoms with Crippen molar-refractivity contribution in [1.29, 1.82) is 0 Å². The molecule has 1 amide bonds. The average molecular weight is 301 g/mol. The number of ether oxygens (including phenoxy) is 1. The molecule has 114 valence electrons. The number of anilines is 1. The molecule has 0 radical (unpaired) electrons. The first kappa shape index (κ1) is 18.9. The van der Waals surface area contributed by atoms with Crippen molar-refractivity contribution >= 4 is 24.0 Å². The van der Waals surface area contributed by atoms with Crippen LogP contribution in [0.2, 0.25) is 0 Å². The predicted molar refractivity (Wildman–Crippen MR) is 85.1 cm³/mol. The van der Waals surface area contributed by atoms with Gasteiger partial charge in [-0.15, -0.1) is 12.4 Å². The van der Waals surface area contributed by atoms with Crippen molar-refractivity contribution in [1.82, 2.24) is 0 Å². The third kappa shape index (κ3) is 6.37. The van der Waals surface area contributed by atoms with Crippen molar-refractivity contribution in [3.63, 3.8) is 0 Å². The maximum absolute atomic E-state index is 11.8. The van der Waals surface area contributed by atoms with Gasteiger partial charge in [0.15, 0.2) is 0 Å². The van der Waals surface area contributed by atoms with Gasteiger partial charge in [0.2, 0.25) is 5.91 Å². The predicted octanol–water partition coefficient (Wildman–Crippen LogP) is 2.96. The zero-order valence-electron chi connectivity index (χ0n) is 12.6. The van der Waals surface area contributed by atoms with Gasteiger partial charge in [-0.05, 0) is 38.5 Å². The molecule has 0 bridgehead atoms. The van der Waals surface area contributed by atoms with E-state index in [9.17, 15) is 4.79 Å². The molecule has 0 saturated heterocycles. The Morgan fingerprint density at radius 3 is 2.20 bits per heavy atom. The van der Waals surface area contributed by atoms with Crippen LogP contribution in [0.4, 0.5) is 5.69 Å². The second-order valence-corrected chi connectivity index (χ2v) is 5.19. The first-order valence-electron chi connectivity index (χ1n) is 6.67. The van der Waals surface area contributed by atoms with E-state index in [1.165, 1.54) is 0 Å². The number of rotatable bonds is 6. The lowest BCUT2D eigenvalue weighted by molar-refractivity contribution is -0.119. The van der Waals surface area contributed by atoms with Crippen LogP contribution in [-0.2, 0) is 16.1 Å². The van der Waals surface area contributed by atoms with Crippen molar-refractivity contribution in [2.75, 3.05) is 5.32 Å². The van der Waals surface area contributed by atoms with E-state index in [-0.39, 0.29) is 36.4 Å². The number of benzene rings is 1. The number of carbonyl (C=O) groups excluding carboxylic acids is 1. The Hall–Kier alpha value is -1.10. The highest BCUT2D eigenvalue weighted by Gasteiger charge is 2.16. The maximum Gasteiger partial charge on any atom is 0.228 e. The summed E-state index contributed by atoms with van der Waals surface area (Å²) in [6.45, 7) is 8.25. The molecule has 3 N–H and O–H groups in total. The van der Waals surface area contributed by atoms with Gasteiger partial charge in [-0.3, -0.25) is 4.79 Å². The minimum atomic E-state index is -0.205. The number of nitrogens with one attached hydrogen (secondary N) is 1. The quantitative estimate of drug-likeness (QED) is 0.849. The van der Waals surface area contributed by atoms with Crippen LogP contribution in [-0.4, -0.2) is 18.1 Å². The van der Waals surface area contributed by atoms with Gasteiger partial charge in [-0.2, -0.15) is 0 Å². The number of amides is 1. The highest BCUT2D eigenvalue weighted by molar-refractivity contribution is 5.92. The molecule has 20 heavy (non-hydrogen) atoms. The van der Waals surface area contributed by atoms with Crippen LogP contribution in [0.3, 0.4) is 0 Å². The normalized spacial score (nSPS) is 13.5. The van der Waals surface area contributed by atoms with Gasteiger partial charge in [0.1, 0.15) is 0 Å².